The number of nitrogens with one attached hydrogen (secondary N) is 1. The molecule has 1 unspecified atom stereocenters. The molecule has 2 rings (SSSR count). The van der Waals surface area contributed by atoms with Gasteiger partial charge in [0, 0.05) is 25.0 Å². The van der Waals surface area contributed by atoms with Gasteiger partial charge in [0.05, 0.1) is 17.4 Å². The lowest BCUT2D eigenvalue weighted by Gasteiger charge is -2.10. The van der Waals surface area contributed by atoms with Crippen molar-refractivity contribution in [3.05, 3.63) is 29.0 Å². The predicted octanol–water partition coefficient (Wildman–Crippen LogP) is 0.775. The summed E-state index contributed by atoms with van der Waals surface area (Å²) in [6, 6.07) is 2.21. The number of aromatic nitrogens is 4. The van der Waals surface area contributed by atoms with Crippen LogP contribution in [0.1, 0.15) is 17.4 Å². The van der Waals surface area contributed by atoms with E-state index < -0.39 is 0 Å². The zero-order chi connectivity index (χ0) is 10.7. The molecule has 0 aliphatic rings. The van der Waals surface area contributed by atoms with Crippen molar-refractivity contribution >= 4 is 11.5 Å². The van der Waals surface area contributed by atoms with Crippen molar-refractivity contribution in [1.82, 2.24) is 24.7 Å². The number of rotatable bonds is 4. The molecule has 1 atom stereocenters. The fraction of sp³-hybridized carbons (Fsp3) is 0.444. The van der Waals surface area contributed by atoms with Crippen LogP contribution in [0.5, 0.6) is 0 Å². The highest BCUT2D eigenvalue weighted by Crippen LogP contribution is 2.15. The van der Waals surface area contributed by atoms with Crippen molar-refractivity contribution in [2.45, 2.75) is 12.5 Å². The second kappa shape index (κ2) is 4.50. The molecule has 2 aromatic heterocycles. The van der Waals surface area contributed by atoms with Gasteiger partial charge in [0.25, 0.3) is 0 Å². The van der Waals surface area contributed by atoms with Crippen molar-refractivity contribution in [1.29, 1.82) is 0 Å². The minimum atomic E-state index is 0.193. The molecule has 0 saturated heterocycles. The second-order valence-electron chi connectivity index (χ2n) is 3.36. The van der Waals surface area contributed by atoms with Crippen molar-refractivity contribution < 1.29 is 0 Å². The zero-order valence-corrected chi connectivity index (χ0v) is 9.53. The van der Waals surface area contributed by atoms with E-state index in [9.17, 15) is 0 Å². The third-order valence-electron chi connectivity index (χ3n) is 2.26. The third kappa shape index (κ3) is 2.40. The van der Waals surface area contributed by atoms with Gasteiger partial charge in [-0.3, -0.25) is 4.68 Å². The summed E-state index contributed by atoms with van der Waals surface area (Å²) >= 11 is 1.37. The van der Waals surface area contributed by atoms with E-state index in [1.54, 1.807) is 4.68 Å². The quantitative estimate of drug-likeness (QED) is 0.832. The van der Waals surface area contributed by atoms with Crippen molar-refractivity contribution in [3.63, 3.8) is 0 Å². The molecule has 0 aliphatic heterocycles. The van der Waals surface area contributed by atoms with Gasteiger partial charge >= 0.3 is 0 Å². The Morgan fingerprint density at radius 2 is 2.47 bits per heavy atom. The topological polar surface area (TPSA) is 55.6 Å². The summed E-state index contributed by atoms with van der Waals surface area (Å²) in [5.41, 5.74) is 2.04. The molecule has 0 amide bonds. The molecule has 80 valence electrons. The Hall–Kier alpha value is -1.27. The van der Waals surface area contributed by atoms with Gasteiger partial charge in [0.15, 0.2) is 0 Å². The fourth-order valence-corrected chi connectivity index (χ4v) is 1.97. The number of hydrogen-bond acceptors (Lipinski definition) is 5. The van der Waals surface area contributed by atoms with Gasteiger partial charge in [-0.15, -0.1) is 5.10 Å². The number of aryl methyl sites for hydroxylation is 1. The Labute approximate surface area is 92.3 Å². The highest BCUT2D eigenvalue weighted by molar-refractivity contribution is 7.03. The van der Waals surface area contributed by atoms with Crippen LogP contribution in [0.15, 0.2) is 17.6 Å². The standard InChI is InChI=1S/C9H13N5S/c1-10-8(9-6-15-13-11-9)5-7-3-4-14(2)12-7/h3-4,6,8,10H,5H2,1-2H3. The normalized spacial score (nSPS) is 12.9. The Bertz CT molecular complexity index is 408. The molecule has 0 saturated carbocycles. The van der Waals surface area contributed by atoms with Gasteiger partial charge in [0.2, 0.25) is 0 Å². The Balaban J connectivity index is 2.09. The SMILES string of the molecule is CNC(Cc1ccn(C)n1)c1csnn1. The second-order valence-corrected chi connectivity index (χ2v) is 3.97. The van der Waals surface area contributed by atoms with Gasteiger partial charge in [-0.05, 0) is 24.6 Å². The van der Waals surface area contributed by atoms with Crippen LogP contribution in [-0.4, -0.2) is 26.4 Å². The van der Waals surface area contributed by atoms with Gasteiger partial charge in [0.1, 0.15) is 0 Å². The molecule has 15 heavy (non-hydrogen) atoms. The highest BCUT2D eigenvalue weighted by atomic mass is 32.1. The minimum Gasteiger partial charge on any atom is -0.311 e. The van der Waals surface area contributed by atoms with Crippen LogP contribution in [0.25, 0.3) is 0 Å². The largest absolute Gasteiger partial charge is 0.311 e. The molecule has 2 aromatic rings. The Morgan fingerprint density at radius 1 is 1.60 bits per heavy atom. The molecule has 2 heterocycles. The van der Waals surface area contributed by atoms with E-state index >= 15 is 0 Å². The van der Waals surface area contributed by atoms with E-state index in [0.717, 1.165) is 17.8 Å². The zero-order valence-electron chi connectivity index (χ0n) is 8.71. The van der Waals surface area contributed by atoms with Gasteiger partial charge < -0.3 is 5.32 Å². The molecule has 0 bridgehead atoms. The summed E-state index contributed by atoms with van der Waals surface area (Å²) in [5.74, 6) is 0. The Kier molecular flexibility index (Phi) is 3.08. The summed E-state index contributed by atoms with van der Waals surface area (Å²) in [5, 5.41) is 13.6. The van der Waals surface area contributed by atoms with Gasteiger partial charge in [-0.25, -0.2) is 0 Å². The first-order valence-electron chi connectivity index (χ1n) is 4.72. The first kappa shape index (κ1) is 10.3. The van der Waals surface area contributed by atoms with Crippen molar-refractivity contribution in [3.8, 4) is 0 Å². The van der Waals surface area contributed by atoms with E-state index in [2.05, 4.69) is 20.0 Å². The average Bonchev–Trinajstić information content (AvgIpc) is 2.85. The van der Waals surface area contributed by atoms with E-state index in [0.29, 0.717) is 0 Å². The van der Waals surface area contributed by atoms with Crippen LogP contribution >= 0.6 is 11.5 Å². The molecule has 0 fully saturated rings. The smallest absolute Gasteiger partial charge is 0.0928 e. The lowest BCUT2D eigenvalue weighted by molar-refractivity contribution is 0.561. The molecule has 1 N–H and O–H groups in total. The monoisotopic (exact) mass is 223 g/mol. The number of hydrogen-bond donors (Lipinski definition) is 1. The molecular weight excluding hydrogens is 210 g/mol. The van der Waals surface area contributed by atoms with Crippen molar-refractivity contribution in [2.24, 2.45) is 7.05 Å². The summed E-state index contributed by atoms with van der Waals surface area (Å²) in [7, 11) is 3.84. The minimum absolute atomic E-state index is 0.193. The van der Waals surface area contributed by atoms with Gasteiger partial charge in [-0.1, -0.05) is 4.49 Å². The lowest BCUT2D eigenvalue weighted by Crippen LogP contribution is -2.19. The first-order valence-corrected chi connectivity index (χ1v) is 5.56. The maximum atomic E-state index is 4.34. The predicted molar refractivity (Wildman–Crippen MR) is 58.6 cm³/mol. The summed E-state index contributed by atoms with van der Waals surface area (Å²) in [4.78, 5) is 0. The first-order chi connectivity index (χ1) is 7.29. The molecule has 0 aliphatic carbocycles. The third-order valence-corrected chi connectivity index (χ3v) is 2.79. The van der Waals surface area contributed by atoms with Crippen LogP contribution in [0.4, 0.5) is 0 Å². The molecule has 0 aromatic carbocycles. The summed E-state index contributed by atoms with van der Waals surface area (Å²) < 4.78 is 5.67. The number of likely N-dealkylation sites (N-methyl/N-ethyl adjacent to an activating group) is 1. The number of nitrogens with zero attached hydrogens (tertiary/aromatic N) is 4. The maximum absolute atomic E-state index is 4.34. The van der Waals surface area contributed by atoms with Crippen LogP contribution in [0.2, 0.25) is 0 Å². The van der Waals surface area contributed by atoms with Crippen LogP contribution in [-0.2, 0) is 13.5 Å². The van der Waals surface area contributed by atoms with Crippen LogP contribution in [0.3, 0.4) is 0 Å². The molecule has 0 spiro atoms. The summed E-state index contributed by atoms with van der Waals surface area (Å²) in [6.45, 7) is 0. The van der Waals surface area contributed by atoms with E-state index in [1.165, 1.54) is 11.5 Å². The van der Waals surface area contributed by atoms with Crippen molar-refractivity contribution in [2.75, 3.05) is 7.05 Å². The molecular formula is C9H13N5S. The van der Waals surface area contributed by atoms with E-state index in [-0.39, 0.29) is 6.04 Å². The van der Waals surface area contributed by atoms with Crippen LogP contribution in [0, 0.1) is 0 Å². The molecule has 5 nitrogen and oxygen atoms in total. The fourth-order valence-electron chi connectivity index (χ4n) is 1.46. The Morgan fingerprint density at radius 3 is 3.00 bits per heavy atom. The van der Waals surface area contributed by atoms with Crippen LogP contribution < -0.4 is 5.32 Å². The molecule has 6 heteroatoms. The maximum Gasteiger partial charge on any atom is 0.0928 e. The lowest BCUT2D eigenvalue weighted by atomic mass is 10.1. The average molecular weight is 223 g/mol. The summed E-state index contributed by atoms with van der Waals surface area (Å²) in [6.07, 6.45) is 2.78. The van der Waals surface area contributed by atoms with E-state index in [1.807, 2.05) is 31.7 Å². The van der Waals surface area contributed by atoms with Gasteiger partial charge in [-0.2, -0.15) is 5.10 Å². The molecule has 0 radical (unpaired) electrons. The highest BCUT2D eigenvalue weighted by Gasteiger charge is 2.13. The van der Waals surface area contributed by atoms with E-state index in [4.69, 9.17) is 0 Å².